The van der Waals surface area contributed by atoms with Crippen molar-refractivity contribution in [2.24, 2.45) is 5.41 Å². The van der Waals surface area contributed by atoms with Gasteiger partial charge >= 0.3 is 0 Å². The van der Waals surface area contributed by atoms with E-state index in [1.165, 1.54) is 12.1 Å². The minimum Gasteiger partial charge on any atom is -0.396 e. The molecule has 1 heterocycles. The SMILES string of the molecule is OCC1(CO)CCC(Nc2ccnc3c(Br)cc(F)cc23)CC1. The van der Waals surface area contributed by atoms with E-state index in [9.17, 15) is 14.6 Å². The fraction of sp³-hybridized carbons (Fsp3) is 0.471. The summed E-state index contributed by atoms with van der Waals surface area (Å²) in [6, 6.07) is 5.00. The monoisotopic (exact) mass is 382 g/mol. The Morgan fingerprint density at radius 2 is 1.96 bits per heavy atom. The molecule has 0 bridgehead atoms. The summed E-state index contributed by atoms with van der Waals surface area (Å²) in [5.74, 6) is -0.302. The van der Waals surface area contributed by atoms with Crippen molar-refractivity contribution < 1.29 is 14.6 Å². The number of aromatic nitrogens is 1. The lowest BCUT2D eigenvalue weighted by Gasteiger charge is -2.38. The molecule has 1 aliphatic rings. The molecule has 0 aliphatic heterocycles. The van der Waals surface area contributed by atoms with Crippen molar-refractivity contribution in [3.63, 3.8) is 0 Å². The van der Waals surface area contributed by atoms with Gasteiger partial charge in [-0.25, -0.2) is 4.39 Å². The standard InChI is InChI=1S/C17H20BrFN2O2/c18-14-8-11(19)7-13-15(3-6-20-16(13)14)21-12-1-4-17(9-22,10-23)5-2-12/h3,6-8,12,22-23H,1-2,4-5,9-10H2,(H,20,21). The van der Waals surface area contributed by atoms with Crippen LogP contribution in [0.25, 0.3) is 10.9 Å². The fourth-order valence-electron chi connectivity index (χ4n) is 3.27. The zero-order chi connectivity index (χ0) is 16.4. The summed E-state index contributed by atoms with van der Waals surface area (Å²) in [6.45, 7) is 0.0408. The van der Waals surface area contributed by atoms with Crippen LogP contribution in [0.2, 0.25) is 0 Å². The lowest BCUT2D eigenvalue weighted by atomic mass is 9.73. The molecule has 4 nitrogen and oxygen atoms in total. The summed E-state index contributed by atoms with van der Waals surface area (Å²) in [5.41, 5.74) is 1.24. The van der Waals surface area contributed by atoms with Gasteiger partial charge in [-0.3, -0.25) is 4.98 Å². The van der Waals surface area contributed by atoms with Gasteiger partial charge in [0.1, 0.15) is 5.82 Å². The van der Waals surface area contributed by atoms with Gasteiger partial charge in [-0.15, -0.1) is 0 Å². The van der Waals surface area contributed by atoms with Crippen molar-refractivity contribution in [3.8, 4) is 0 Å². The first kappa shape index (κ1) is 16.6. The number of anilines is 1. The van der Waals surface area contributed by atoms with Crippen LogP contribution in [-0.2, 0) is 0 Å². The van der Waals surface area contributed by atoms with Crippen molar-refractivity contribution >= 4 is 32.5 Å². The van der Waals surface area contributed by atoms with Gasteiger partial charge in [0.05, 0.1) is 18.7 Å². The number of benzene rings is 1. The second-order valence-electron chi connectivity index (χ2n) is 6.38. The molecule has 1 aromatic heterocycles. The second-order valence-corrected chi connectivity index (χ2v) is 7.23. The number of aliphatic hydroxyl groups is 2. The maximum absolute atomic E-state index is 13.7. The molecule has 0 unspecified atom stereocenters. The Hall–Kier alpha value is -1.24. The molecule has 0 amide bonds. The predicted octanol–water partition coefficient (Wildman–Crippen LogP) is 3.46. The zero-order valence-corrected chi connectivity index (χ0v) is 14.3. The Morgan fingerprint density at radius 3 is 2.61 bits per heavy atom. The lowest BCUT2D eigenvalue weighted by Crippen LogP contribution is -2.38. The van der Waals surface area contributed by atoms with Crippen molar-refractivity contribution in [1.29, 1.82) is 0 Å². The van der Waals surface area contributed by atoms with E-state index in [-0.39, 0.29) is 30.5 Å². The molecule has 0 spiro atoms. The first-order valence-electron chi connectivity index (χ1n) is 7.79. The van der Waals surface area contributed by atoms with Crippen LogP contribution in [0.4, 0.5) is 10.1 Å². The first-order chi connectivity index (χ1) is 11.1. The lowest BCUT2D eigenvalue weighted by molar-refractivity contribution is 0.0210. The van der Waals surface area contributed by atoms with E-state index in [0.29, 0.717) is 4.47 Å². The van der Waals surface area contributed by atoms with Gasteiger partial charge in [0.2, 0.25) is 0 Å². The highest BCUT2D eigenvalue weighted by Crippen LogP contribution is 2.37. The number of nitrogens with zero attached hydrogens (tertiary/aromatic N) is 1. The molecule has 1 saturated carbocycles. The summed E-state index contributed by atoms with van der Waals surface area (Å²) in [7, 11) is 0. The molecular weight excluding hydrogens is 363 g/mol. The van der Waals surface area contributed by atoms with E-state index in [1.54, 1.807) is 6.20 Å². The van der Waals surface area contributed by atoms with Gasteiger partial charge in [0.25, 0.3) is 0 Å². The third-order valence-corrected chi connectivity index (χ3v) is 5.44. The van der Waals surface area contributed by atoms with Crippen LogP contribution in [0.3, 0.4) is 0 Å². The Balaban J connectivity index is 1.81. The van der Waals surface area contributed by atoms with Crippen molar-refractivity contribution in [1.82, 2.24) is 4.98 Å². The fourth-order valence-corrected chi connectivity index (χ4v) is 3.80. The van der Waals surface area contributed by atoms with E-state index < -0.39 is 0 Å². The molecule has 0 radical (unpaired) electrons. The maximum atomic E-state index is 13.7. The normalized spacial score (nSPS) is 18.3. The molecular formula is C17H20BrFN2O2. The molecule has 3 rings (SSSR count). The minimum absolute atomic E-state index is 0.0204. The number of aliphatic hydroxyl groups excluding tert-OH is 2. The maximum Gasteiger partial charge on any atom is 0.125 e. The van der Waals surface area contributed by atoms with Crippen LogP contribution >= 0.6 is 15.9 Å². The minimum atomic E-state index is -0.354. The summed E-state index contributed by atoms with van der Waals surface area (Å²) in [5, 5.41) is 23.2. The molecule has 1 fully saturated rings. The quantitative estimate of drug-likeness (QED) is 0.757. The molecule has 6 heteroatoms. The Bertz CT molecular complexity index is 696. The van der Waals surface area contributed by atoms with Gasteiger partial charge in [-0.1, -0.05) is 0 Å². The van der Waals surface area contributed by atoms with Crippen molar-refractivity contribution in [3.05, 3.63) is 34.7 Å². The van der Waals surface area contributed by atoms with Crippen molar-refractivity contribution in [2.75, 3.05) is 18.5 Å². The number of hydrogen-bond donors (Lipinski definition) is 3. The molecule has 23 heavy (non-hydrogen) atoms. The van der Waals surface area contributed by atoms with Gasteiger partial charge in [0, 0.05) is 33.2 Å². The molecule has 3 N–H and O–H groups in total. The Labute approximate surface area is 142 Å². The Morgan fingerprint density at radius 1 is 1.26 bits per heavy atom. The second kappa shape index (κ2) is 6.71. The molecule has 1 aromatic carbocycles. The van der Waals surface area contributed by atoms with E-state index in [1.807, 2.05) is 6.07 Å². The number of fused-ring (bicyclic) bond motifs is 1. The van der Waals surface area contributed by atoms with E-state index in [2.05, 4.69) is 26.2 Å². The van der Waals surface area contributed by atoms with E-state index in [4.69, 9.17) is 0 Å². The molecule has 1 aliphatic carbocycles. The largest absolute Gasteiger partial charge is 0.396 e. The summed E-state index contributed by atoms with van der Waals surface area (Å²) >= 11 is 3.35. The smallest absolute Gasteiger partial charge is 0.125 e. The van der Waals surface area contributed by atoms with Crippen LogP contribution in [-0.4, -0.2) is 34.5 Å². The first-order valence-corrected chi connectivity index (χ1v) is 8.58. The predicted molar refractivity (Wildman–Crippen MR) is 91.9 cm³/mol. The van der Waals surface area contributed by atoms with E-state index >= 15 is 0 Å². The highest BCUT2D eigenvalue weighted by atomic mass is 79.9. The molecule has 124 valence electrons. The summed E-state index contributed by atoms with van der Waals surface area (Å²) in [4.78, 5) is 4.31. The third kappa shape index (κ3) is 3.34. The average Bonchev–Trinajstić information content (AvgIpc) is 2.56. The number of hydrogen-bond acceptors (Lipinski definition) is 4. The van der Waals surface area contributed by atoms with Crippen LogP contribution in [0, 0.1) is 11.2 Å². The molecule has 2 aromatic rings. The highest BCUT2D eigenvalue weighted by molar-refractivity contribution is 9.10. The van der Waals surface area contributed by atoms with Gasteiger partial charge in [-0.2, -0.15) is 0 Å². The Kier molecular flexibility index (Phi) is 4.85. The van der Waals surface area contributed by atoms with Crippen LogP contribution in [0.15, 0.2) is 28.9 Å². The van der Waals surface area contributed by atoms with Crippen LogP contribution < -0.4 is 5.32 Å². The van der Waals surface area contributed by atoms with Gasteiger partial charge in [0.15, 0.2) is 0 Å². The zero-order valence-electron chi connectivity index (χ0n) is 12.7. The van der Waals surface area contributed by atoms with Gasteiger partial charge in [-0.05, 0) is 59.8 Å². The highest BCUT2D eigenvalue weighted by Gasteiger charge is 2.34. The molecule has 0 atom stereocenters. The van der Waals surface area contributed by atoms with Crippen LogP contribution in [0.1, 0.15) is 25.7 Å². The molecule has 0 saturated heterocycles. The van der Waals surface area contributed by atoms with Crippen molar-refractivity contribution in [2.45, 2.75) is 31.7 Å². The summed E-state index contributed by atoms with van der Waals surface area (Å²) in [6.07, 6.45) is 4.99. The van der Waals surface area contributed by atoms with Gasteiger partial charge < -0.3 is 15.5 Å². The number of rotatable bonds is 4. The summed E-state index contributed by atoms with van der Waals surface area (Å²) < 4.78 is 14.3. The third-order valence-electron chi connectivity index (χ3n) is 4.84. The van der Waals surface area contributed by atoms with E-state index in [0.717, 1.165) is 42.3 Å². The topological polar surface area (TPSA) is 65.4 Å². The number of nitrogens with one attached hydrogen (secondary N) is 1. The average molecular weight is 383 g/mol. The number of halogens is 2. The van der Waals surface area contributed by atoms with Crippen LogP contribution in [0.5, 0.6) is 0 Å². The number of pyridine rings is 1.